The maximum atomic E-state index is 12.7. The number of sulfonamides is 1. The Kier molecular flexibility index (Phi) is 5.58. The van der Waals surface area contributed by atoms with Crippen molar-refractivity contribution in [2.45, 2.75) is 30.3 Å². The minimum Gasteiger partial charge on any atom is -0.349 e. The fourth-order valence-electron chi connectivity index (χ4n) is 2.45. The van der Waals surface area contributed by atoms with Gasteiger partial charge in [0.25, 0.3) is 5.91 Å². The van der Waals surface area contributed by atoms with Gasteiger partial charge in [-0.3, -0.25) is 4.79 Å². The number of nitrogens with zero attached hydrogens (tertiary/aromatic N) is 1. The summed E-state index contributed by atoms with van der Waals surface area (Å²) in [6, 6.07) is 11.7. The molecule has 0 heterocycles. The minimum atomic E-state index is -3.79. The highest BCUT2D eigenvalue weighted by Gasteiger charge is 2.25. The summed E-state index contributed by atoms with van der Waals surface area (Å²) in [4.78, 5) is 12.0. The molecule has 3 rings (SSSR count). The third-order valence-electron chi connectivity index (χ3n) is 4.14. The van der Waals surface area contributed by atoms with Gasteiger partial charge in [-0.25, -0.2) is 8.42 Å². The summed E-state index contributed by atoms with van der Waals surface area (Å²) in [5.41, 5.74) is 1.32. The lowest BCUT2D eigenvalue weighted by atomic mass is 10.1. The Morgan fingerprint density at radius 2 is 1.81 bits per heavy atom. The summed E-state index contributed by atoms with van der Waals surface area (Å²) < 4.78 is 26.7. The summed E-state index contributed by atoms with van der Waals surface area (Å²) in [5.74, 6) is -0.106. The number of rotatable bonds is 6. The van der Waals surface area contributed by atoms with Crippen LogP contribution in [-0.2, 0) is 16.6 Å². The fourth-order valence-corrected chi connectivity index (χ4v) is 4.34. The Balaban J connectivity index is 1.73. The van der Waals surface area contributed by atoms with Crippen LogP contribution in [-0.4, -0.2) is 31.7 Å². The molecule has 26 heavy (non-hydrogen) atoms. The number of hydrogen-bond donors (Lipinski definition) is 1. The first-order chi connectivity index (χ1) is 12.3. The van der Waals surface area contributed by atoms with E-state index in [9.17, 15) is 13.2 Å². The second-order valence-electron chi connectivity index (χ2n) is 6.26. The van der Waals surface area contributed by atoms with Crippen LogP contribution in [0.4, 0.5) is 0 Å². The van der Waals surface area contributed by atoms with Crippen LogP contribution in [0.25, 0.3) is 0 Å². The average molecular weight is 413 g/mol. The number of amides is 1. The van der Waals surface area contributed by atoms with Gasteiger partial charge in [0, 0.05) is 25.2 Å². The maximum Gasteiger partial charge on any atom is 0.251 e. The molecule has 0 bridgehead atoms. The Morgan fingerprint density at radius 1 is 1.15 bits per heavy atom. The molecule has 2 aromatic carbocycles. The molecule has 0 aromatic heterocycles. The Bertz CT molecular complexity index is 926. The molecule has 8 heteroatoms. The predicted molar refractivity (Wildman–Crippen MR) is 102 cm³/mol. The van der Waals surface area contributed by atoms with Crippen LogP contribution >= 0.6 is 23.2 Å². The molecule has 0 saturated heterocycles. The van der Waals surface area contributed by atoms with E-state index in [0.717, 1.165) is 18.4 Å². The molecule has 138 valence electrons. The molecular formula is C18H18Cl2N2O3S. The molecule has 1 aliphatic carbocycles. The third kappa shape index (κ3) is 4.20. The van der Waals surface area contributed by atoms with E-state index in [0.29, 0.717) is 11.6 Å². The van der Waals surface area contributed by atoms with Crippen molar-refractivity contribution in [3.05, 3.63) is 63.6 Å². The van der Waals surface area contributed by atoms with Gasteiger partial charge in [-0.2, -0.15) is 4.31 Å². The topological polar surface area (TPSA) is 66.5 Å². The van der Waals surface area contributed by atoms with Gasteiger partial charge in [0.15, 0.2) is 0 Å². The first-order valence-electron chi connectivity index (χ1n) is 8.09. The van der Waals surface area contributed by atoms with E-state index < -0.39 is 10.0 Å². The normalized spacial score (nSPS) is 14.5. The Labute approximate surface area is 163 Å². The summed E-state index contributed by atoms with van der Waals surface area (Å²) in [6.07, 6.45) is 2.05. The number of benzene rings is 2. The second-order valence-corrected chi connectivity index (χ2v) is 9.06. The highest BCUT2D eigenvalue weighted by atomic mass is 35.5. The van der Waals surface area contributed by atoms with Gasteiger partial charge in [-0.05, 0) is 42.7 Å². The molecule has 0 radical (unpaired) electrons. The molecule has 1 fully saturated rings. The molecule has 1 saturated carbocycles. The first-order valence-corrected chi connectivity index (χ1v) is 10.3. The molecule has 5 nitrogen and oxygen atoms in total. The SMILES string of the molecule is CN(Cc1ccc(C(=O)NC2CC2)cc1)S(=O)(=O)c1cccc(Cl)c1Cl. The van der Waals surface area contributed by atoms with Crippen LogP contribution in [0.2, 0.25) is 10.0 Å². The fraction of sp³-hybridized carbons (Fsp3) is 0.278. The standard InChI is InChI=1S/C18H18Cl2N2O3S/c1-22(26(24,25)16-4-2-3-15(19)17(16)20)11-12-5-7-13(8-6-12)18(23)21-14-9-10-14/h2-8,14H,9-11H2,1H3,(H,21,23). The van der Waals surface area contributed by atoms with Gasteiger partial charge in [-0.15, -0.1) is 0 Å². The van der Waals surface area contributed by atoms with Crippen molar-refractivity contribution < 1.29 is 13.2 Å². The summed E-state index contributed by atoms with van der Waals surface area (Å²) in [7, 11) is -2.31. The van der Waals surface area contributed by atoms with Crippen LogP contribution in [0.3, 0.4) is 0 Å². The average Bonchev–Trinajstić information content (AvgIpc) is 3.41. The number of carbonyl (C=O) groups excluding carboxylic acids is 1. The first kappa shape index (κ1) is 19.2. The monoisotopic (exact) mass is 412 g/mol. The van der Waals surface area contributed by atoms with Crippen LogP contribution in [0.5, 0.6) is 0 Å². The van der Waals surface area contributed by atoms with Crippen LogP contribution < -0.4 is 5.32 Å². The lowest BCUT2D eigenvalue weighted by molar-refractivity contribution is 0.0951. The molecule has 1 amide bonds. The molecular weight excluding hydrogens is 395 g/mol. The molecule has 0 unspecified atom stereocenters. The highest BCUT2D eigenvalue weighted by molar-refractivity contribution is 7.89. The smallest absolute Gasteiger partial charge is 0.251 e. The summed E-state index contributed by atoms with van der Waals surface area (Å²) in [5, 5.41) is 3.11. The van der Waals surface area contributed by atoms with Gasteiger partial charge in [0.2, 0.25) is 10.0 Å². The van der Waals surface area contributed by atoms with Gasteiger partial charge in [0.1, 0.15) is 4.90 Å². The molecule has 0 spiro atoms. The molecule has 0 aliphatic heterocycles. The van der Waals surface area contributed by atoms with Gasteiger partial charge in [0.05, 0.1) is 10.0 Å². The quantitative estimate of drug-likeness (QED) is 0.785. The van der Waals surface area contributed by atoms with Gasteiger partial charge in [-0.1, -0.05) is 41.4 Å². The van der Waals surface area contributed by atoms with E-state index in [1.807, 2.05) is 0 Å². The number of hydrogen-bond acceptors (Lipinski definition) is 3. The minimum absolute atomic E-state index is 0.00751. The highest BCUT2D eigenvalue weighted by Crippen LogP contribution is 2.31. The van der Waals surface area contributed by atoms with E-state index in [-0.39, 0.29) is 27.4 Å². The van der Waals surface area contributed by atoms with Crippen LogP contribution in [0.1, 0.15) is 28.8 Å². The zero-order chi connectivity index (χ0) is 18.9. The van der Waals surface area contributed by atoms with Crippen molar-refractivity contribution in [2.75, 3.05) is 7.05 Å². The summed E-state index contributed by atoms with van der Waals surface area (Å²) in [6.45, 7) is 0.149. The number of halogens is 2. The van der Waals surface area contributed by atoms with Crippen LogP contribution in [0.15, 0.2) is 47.4 Å². The van der Waals surface area contributed by atoms with Crippen molar-refractivity contribution in [3.8, 4) is 0 Å². The largest absolute Gasteiger partial charge is 0.349 e. The third-order valence-corrected chi connectivity index (χ3v) is 6.92. The van der Waals surface area contributed by atoms with E-state index >= 15 is 0 Å². The zero-order valence-corrected chi connectivity index (χ0v) is 16.4. The second kappa shape index (κ2) is 7.56. The van der Waals surface area contributed by atoms with Crippen molar-refractivity contribution >= 4 is 39.1 Å². The van der Waals surface area contributed by atoms with E-state index in [1.54, 1.807) is 30.3 Å². The van der Waals surface area contributed by atoms with Gasteiger partial charge < -0.3 is 5.32 Å². The number of nitrogens with one attached hydrogen (secondary N) is 1. The Hall–Kier alpha value is -1.60. The van der Waals surface area contributed by atoms with Crippen molar-refractivity contribution in [3.63, 3.8) is 0 Å². The lowest BCUT2D eigenvalue weighted by Gasteiger charge is -2.18. The van der Waals surface area contributed by atoms with Gasteiger partial charge >= 0.3 is 0 Å². The molecule has 0 atom stereocenters. The van der Waals surface area contributed by atoms with E-state index in [4.69, 9.17) is 23.2 Å². The van der Waals surface area contributed by atoms with Crippen molar-refractivity contribution in [2.24, 2.45) is 0 Å². The van der Waals surface area contributed by atoms with Crippen LogP contribution in [0, 0.1) is 0 Å². The Morgan fingerprint density at radius 3 is 2.42 bits per heavy atom. The molecule has 1 N–H and O–H groups in total. The zero-order valence-electron chi connectivity index (χ0n) is 14.1. The number of carbonyl (C=O) groups is 1. The predicted octanol–water partition coefficient (Wildman–Crippen LogP) is 3.71. The molecule has 1 aliphatic rings. The van der Waals surface area contributed by atoms with Crippen molar-refractivity contribution in [1.82, 2.24) is 9.62 Å². The van der Waals surface area contributed by atoms with E-state index in [2.05, 4.69) is 5.32 Å². The maximum absolute atomic E-state index is 12.7. The summed E-state index contributed by atoms with van der Waals surface area (Å²) >= 11 is 12.0. The lowest BCUT2D eigenvalue weighted by Crippen LogP contribution is -2.27. The van der Waals surface area contributed by atoms with Crippen molar-refractivity contribution in [1.29, 1.82) is 0 Å². The van der Waals surface area contributed by atoms with E-state index in [1.165, 1.54) is 23.5 Å². The molecule has 2 aromatic rings.